The fourth-order valence-electron chi connectivity index (χ4n) is 3.74. The lowest BCUT2D eigenvalue weighted by Crippen LogP contribution is -2.44. The molecule has 0 bridgehead atoms. The molecule has 6 nitrogen and oxygen atoms in total. The quantitative estimate of drug-likeness (QED) is 0.806. The third-order valence-electron chi connectivity index (χ3n) is 5.09. The van der Waals surface area contributed by atoms with Crippen LogP contribution in [0, 0.1) is 6.92 Å². The first kappa shape index (κ1) is 16.4. The second kappa shape index (κ2) is 6.37. The summed E-state index contributed by atoms with van der Waals surface area (Å²) in [5, 5.41) is -0.183. The summed E-state index contributed by atoms with van der Waals surface area (Å²) in [5.74, 6) is 0. The SMILES string of the molecule is Cc1cccc(CO[C@@H]2CN(S(=O)(=O)C3CC3)[C@@H]3CCCO[C@@H]32)n1. The summed E-state index contributed by atoms with van der Waals surface area (Å²) in [7, 11) is -3.20. The van der Waals surface area contributed by atoms with E-state index in [4.69, 9.17) is 9.47 Å². The highest BCUT2D eigenvalue weighted by Crippen LogP contribution is 2.39. The van der Waals surface area contributed by atoms with Gasteiger partial charge in [-0.2, -0.15) is 4.31 Å². The zero-order valence-electron chi connectivity index (χ0n) is 13.9. The largest absolute Gasteiger partial charge is 0.374 e. The van der Waals surface area contributed by atoms with Crippen LogP contribution in [0.15, 0.2) is 18.2 Å². The zero-order valence-corrected chi connectivity index (χ0v) is 14.7. The Morgan fingerprint density at radius 3 is 2.92 bits per heavy atom. The summed E-state index contributed by atoms with van der Waals surface area (Å²) >= 11 is 0. The van der Waals surface area contributed by atoms with Gasteiger partial charge in [-0.3, -0.25) is 4.98 Å². The molecule has 0 amide bonds. The van der Waals surface area contributed by atoms with E-state index in [-0.39, 0.29) is 23.5 Å². The van der Waals surface area contributed by atoms with Gasteiger partial charge in [0, 0.05) is 18.8 Å². The molecule has 4 rings (SSSR count). The van der Waals surface area contributed by atoms with Crippen molar-refractivity contribution >= 4 is 10.0 Å². The topological polar surface area (TPSA) is 68.7 Å². The van der Waals surface area contributed by atoms with Crippen LogP contribution >= 0.6 is 0 Å². The minimum atomic E-state index is -3.20. The van der Waals surface area contributed by atoms with Crippen molar-refractivity contribution in [2.24, 2.45) is 0 Å². The van der Waals surface area contributed by atoms with Crippen LogP contribution in [-0.4, -0.2) is 54.4 Å². The third kappa shape index (κ3) is 3.10. The van der Waals surface area contributed by atoms with Crippen LogP contribution in [0.4, 0.5) is 0 Å². The molecule has 1 saturated carbocycles. The van der Waals surface area contributed by atoms with Gasteiger partial charge in [0.15, 0.2) is 0 Å². The standard InChI is InChI=1S/C17H24N2O4S/c1-12-4-2-5-13(18-12)11-23-16-10-19(24(20,21)14-7-8-14)15-6-3-9-22-17(15)16/h2,4-5,14-17H,3,6-11H2,1H3/t15-,16-,17+/m1/s1. The van der Waals surface area contributed by atoms with Gasteiger partial charge < -0.3 is 9.47 Å². The molecule has 3 fully saturated rings. The molecule has 0 unspecified atom stereocenters. The number of aryl methyl sites for hydroxylation is 1. The first-order valence-corrected chi connectivity index (χ1v) is 10.2. The lowest BCUT2D eigenvalue weighted by Gasteiger charge is -2.31. The summed E-state index contributed by atoms with van der Waals surface area (Å²) in [4.78, 5) is 4.45. The molecule has 7 heteroatoms. The molecular formula is C17H24N2O4S. The second-order valence-electron chi connectivity index (χ2n) is 6.98. The fraction of sp³-hybridized carbons (Fsp3) is 0.706. The Morgan fingerprint density at radius 1 is 1.33 bits per heavy atom. The van der Waals surface area contributed by atoms with Crippen LogP contribution in [0.2, 0.25) is 0 Å². The number of fused-ring (bicyclic) bond motifs is 1. The molecule has 3 atom stereocenters. The number of rotatable bonds is 5. The van der Waals surface area contributed by atoms with Crippen molar-refractivity contribution in [1.82, 2.24) is 9.29 Å². The number of hydrogen-bond donors (Lipinski definition) is 0. The number of aromatic nitrogens is 1. The molecule has 132 valence electrons. The van der Waals surface area contributed by atoms with E-state index in [1.165, 1.54) is 0 Å². The van der Waals surface area contributed by atoms with Gasteiger partial charge >= 0.3 is 0 Å². The Bertz CT molecular complexity index is 704. The maximum Gasteiger partial charge on any atom is 0.217 e. The predicted molar refractivity (Wildman–Crippen MR) is 89.0 cm³/mol. The summed E-state index contributed by atoms with van der Waals surface area (Å²) < 4.78 is 39.0. The highest BCUT2D eigenvalue weighted by Gasteiger charge is 2.52. The van der Waals surface area contributed by atoms with Gasteiger partial charge in [-0.25, -0.2) is 8.42 Å². The van der Waals surface area contributed by atoms with Gasteiger partial charge in [0.25, 0.3) is 0 Å². The maximum atomic E-state index is 12.7. The molecule has 0 aromatic carbocycles. The van der Waals surface area contributed by atoms with Crippen molar-refractivity contribution < 1.29 is 17.9 Å². The van der Waals surface area contributed by atoms with Gasteiger partial charge in [0.05, 0.1) is 29.7 Å². The third-order valence-corrected chi connectivity index (χ3v) is 7.48. The summed E-state index contributed by atoms with van der Waals surface area (Å²) in [5.41, 5.74) is 1.82. The number of hydrogen-bond acceptors (Lipinski definition) is 5. The number of ether oxygens (including phenoxy) is 2. The highest BCUT2D eigenvalue weighted by molar-refractivity contribution is 7.90. The van der Waals surface area contributed by atoms with E-state index in [9.17, 15) is 8.42 Å². The molecule has 2 aliphatic heterocycles. The van der Waals surface area contributed by atoms with Crippen LogP contribution < -0.4 is 0 Å². The number of nitrogens with zero attached hydrogens (tertiary/aromatic N) is 2. The van der Waals surface area contributed by atoms with E-state index in [0.29, 0.717) is 19.8 Å². The van der Waals surface area contributed by atoms with E-state index < -0.39 is 10.0 Å². The molecule has 3 heterocycles. The molecule has 0 N–H and O–H groups in total. The second-order valence-corrected chi connectivity index (χ2v) is 9.14. The predicted octanol–water partition coefficient (Wildman–Crippen LogP) is 1.63. The zero-order chi connectivity index (χ0) is 16.7. The monoisotopic (exact) mass is 352 g/mol. The van der Waals surface area contributed by atoms with Crippen molar-refractivity contribution in [2.45, 2.75) is 62.7 Å². The van der Waals surface area contributed by atoms with Gasteiger partial charge in [-0.05, 0) is 44.7 Å². The van der Waals surface area contributed by atoms with E-state index in [1.54, 1.807) is 4.31 Å². The molecule has 3 aliphatic rings. The lowest BCUT2D eigenvalue weighted by molar-refractivity contribution is -0.0807. The van der Waals surface area contributed by atoms with Crippen LogP contribution in [0.1, 0.15) is 37.1 Å². The number of pyridine rings is 1. The summed E-state index contributed by atoms with van der Waals surface area (Å²) in [6.07, 6.45) is 2.97. The van der Waals surface area contributed by atoms with Gasteiger partial charge in [0.1, 0.15) is 6.10 Å². The fourth-order valence-corrected chi connectivity index (χ4v) is 5.81. The molecule has 0 spiro atoms. The minimum absolute atomic E-state index is 0.0696. The molecular weight excluding hydrogens is 328 g/mol. The van der Waals surface area contributed by atoms with Crippen LogP contribution in [0.25, 0.3) is 0 Å². The molecule has 1 aliphatic carbocycles. The highest BCUT2D eigenvalue weighted by atomic mass is 32.2. The molecule has 24 heavy (non-hydrogen) atoms. The average Bonchev–Trinajstić information content (AvgIpc) is 3.36. The van der Waals surface area contributed by atoms with Gasteiger partial charge in [-0.1, -0.05) is 6.07 Å². The van der Waals surface area contributed by atoms with Crippen molar-refractivity contribution in [3.05, 3.63) is 29.6 Å². The maximum absolute atomic E-state index is 12.7. The Kier molecular flexibility index (Phi) is 4.36. The van der Waals surface area contributed by atoms with E-state index in [1.807, 2.05) is 25.1 Å². The Morgan fingerprint density at radius 2 is 2.17 bits per heavy atom. The van der Waals surface area contributed by atoms with Crippen molar-refractivity contribution in [3.63, 3.8) is 0 Å². The molecule has 1 aromatic heterocycles. The van der Waals surface area contributed by atoms with Crippen molar-refractivity contribution in [1.29, 1.82) is 0 Å². The average molecular weight is 352 g/mol. The van der Waals surface area contributed by atoms with Gasteiger partial charge in [0.2, 0.25) is 10.0 Å². The minimum Gasteiger partial charge on any atom is -0.374 e. The van der Waals surface area contributed by atoms with Crippen molar-refractivity contribution in [2.75, 3.05) is 13.2 Å². The van der Waals surface area contributed by atoms with Crippen LogP contribution in [-0.2, 0) is 26.1 Å². The first-order valence-electron chi connectivity index (χ1n) is 8.72. The smallest absolute Gasteiger partial charge is 0.217 e. The first-order chi connectivity index (χ1) is 11.6. The summed E-state index contributed by atoms with van der Waals surface area (Å²) in [6.45, 7) is 3.42. The Hall–Kier alpha value is -1.02. The molecule has 0 radical (unpaired) electrons. The lowest BCUT2D eigenvalue weighted by atomic mass is 10.0. The molecule has 1 aromatic rings. The van der Waals surface area contributed by atoms with E-state index in [2.05, 4.69) is 4.98 Å². The Balaban J connectivity index is 1.48. The summed E-state index contributed by atoms with van der Waals surface area (Å²) in [6, 6.07) is 5.77. The van der Waals surface area contributed by atoms with Gasteiger partial charge in [-0.15, -0.1) is 0 Å². The van der Waals surface area contributed by atoms with Crippen LogP contribution in [0.5, 0.6) is 0 Å². The van der Waals surface area contributed by atoms with E-state index in [0.717, 1.165) is 37.1 Å². The molecule has 2 saturated heterocycles. The van der Waals surface area contributed by atoms with E-state index >= 15 is 0 Å². The Labute approximate surface area is 143 Å². The van der Waals surface area contributed by atoms with Crippen LogP contribution in [0.3, 0.4) is 0 Å². The number of sulfonamides is 1. The normalized spacial score (nSPS) is 31.1. The van der Waals surface area contributed by atoms with Crippen molar-refractivity contribution in [3.8, 4) is 0 Å².